The molecule has 1 rings (SSSR count). The summed E-state index contributed by atoms with van der Waals surface area (Å²) in [6, 6.07) is 0. The Balaban J connectivity index is 1.76. The monoisotopic (exact) mass is 300 g/mol. The highest BCUT2D eigenvalue weighted by Crippen LogP contribution is 1.90. The van der Waals surface area contributed by atoms with E-state index in [-0.39, 0.29) is 0 Å². The van der Waals surface area contributed by atoms with Crippen molar-refractivity contribution in [1.29, 1.82) is 0 Å². The second kappa shape index (κ2) is 12.7. The highest BCUT2D eigenvalue weighted by Gasteiger charge is 1.98. The van der Waals surface area contributed by atoms with Gasteiger partial charge in [-0.1, -0.05) is 13.3 Å². The van der Waals surface area contributed by atoms with Crippen LogP contribution in [-0.4, -0.2) is 61.0 Å². The number of aromatic nitrogens is 3. The Morgan fingerprint density at radius 1 is 1.05 bits per heavy atom. The lowest BCUT2D eigenvalue weighted by atomic mass is 10.4. The second-order valence-corrected chi connectivity index (χ2v) is 4.73. The van der Waals surface area contributed by atoms with E-state index in [0.29, 0.717) is 39.6 Å². The zero-order valence-electron chi connectivity index (χ0n) is 13.2. The first-order valence-electron chi connectivity index (χ1n) is 7.61. The lowest BCUT2D eigenvalue weighted by molar-refractivity contribution is 0.0146. The van der Waals surface area contributed by atoms with Gasteiger partial charge in [-0.05, 0) is 6.42 Å². The Labute approximate surface area is 127 Å². The number of hydrogen-bond acceptors (Lipinski definition) is 6. The predicted octanol–water partition coefficient (Wildman–Crippen LogP) is 0.755. The molecule has 1 heterocycles. The molecule has 0 unspecified atom stereocenters. The van der Waals surface area contributed by atoms with Crippen LogP contribution in [0.25, 0.3) is 0 Å². The van der Waals surface area contributed by atoms with Gasteiger partial charge < -0.3 is 24.1 Å². The summed E-state index contributed by atoms with van der Waals surface area (Å²) in [5.41, 5.74) is 0. The SMILES string of the molecule is CCCCOCCOCCOCCNCc1nncn1C. The van der Waals surface area contributed by atoms with E-state index in [1.54, 1.807) is 6.33 Å². The van der Waals surface area contributed by atoms with Gasteiger partial charge >= 0.3 is 0 Å². The van der Waals surface area contributed by atoms with E-state index in [9.17, 15) is 0 Å². The van der Waals surface area contributed by atoms with Crippen LogP contribution in [0.2, 0.25) is 0 Å². The van der Waals surface area contributed by atoms with Crippen LogP contribution < -0.4 is 5.32 Å². The fourth-order valence-electron chi connectivity index (χ4n) is 1.60. The molecule has 0 aliphatic carbocycles. The highest BCUT2D eigenvalue weighted by molar-refractivity contribution is 4.82. The molecule has 7 heteroatoms. The van der Waals surface area contributed by atoms with Crippen LogP contribution in [0.1, 0.15) is 25.6 Å². The minimum absolute atomic E-state index is 0.612. The molecule has 1 aromatic heterocycles. The standard InChI is InChI=1S/C14H28N4O3/c1-3-4-6-19-8-10-21-11-9-20-7-5-15-12-14-17-16-13-18(14)2/h13,15H,3-12H2,1-2H3. The molecule has 0 aliphatic rings. The largest absolute Gasteiger partial charge is 0.379 e. The van der Waals surface area contributed by atoms with E-state index < -0.39 is 0 Å². The number of hydrogen-bond donors (Lipinski definition) is 1. The third-order valence-corrected chi connectivity index (χ3v) is 2.90. The lowest BCUT2D eigenvalue weighted by Crippen LogP contribution is -2.22. The molecule has 7 nitrogen and oxygen atoms in total. The Kier molecular flexibility index (Phi) is 10.9. The first kappa shape index (κ1) is 18.0. The van der Waals surface area contributed by atoms with Crippen LogP contribution in [0.15, 0.2) is 6.33 Å². The van der Waals surface area contributed by atoms with Gasteiger partial charge in [0.25, 0.3) is 0 Å². The maximum atomic E-state index is 5.46. The van der Waals surface area contributed by atoms with Gasteiger partial charge in [0.2, 0.25) is 0 Å². The number of aryl methyl sites for hydroxylation is 1. The fraction of sp³-hybridized carbons (Fsp3) is 0.857. The number of unbranched alkanes of at least 4 members (excludes halogenated alkanes) is 1. The van der Waals surface area contributed by atoms with Crippen LogP contribution in [0.3, 0.4) is 0 Å². The van der Waals surface area contributed by atoms with Crippen molar-refractivity contribution < 1.29 is 14.2 Å². The van der Waals surface area contributed by atoms with Gasteiger partial charge in [-0.2, -0.15) is 0 Å². The molecule has 0 atom stereocenters. The van der Waals surface area contributed by atoms with Gasteiger partial charge in [0.1, 0.15) is 12.2 Å². The molecule has 122 valence electrons. The number of rotatable bonds is 14. The predicted molar refractivity (Wildman–Crippen MR) is 80.1 cm³/mol. The summed E-state index contributed by atoms with van der Waals surface area (Å²) in [7, 11) is 1.93. The van der Waals surface area contributed by atoms with Gasteiger partial charge in [-0.25, -0.2) is 0 Å². The van der Waals surface area contributed by atoms with Crippen molar-refractivity contribution >= 4 is 0 Å². The van der Waals surface area contributed by atoms with Crippen molar-refractivity contribution in [2.45, 2.75) is 26.3 Å². The molecular formula is C14H28N4O3. The molecule has 0 saturated heterocycles. The molecule has 1 N–H and O–H groups in total. The quantitative estimate of drug-likeness (QED) is 0.511. The van der Waals surface area contributed by atoms with E-state index in [1.807, 2.05) is 11.6 Å². The third kappa shape index (κ3) is 9.52. The molecule has 0 spiro atoms. The summed E-state index contributed by atoms with van der Waals surface area (Å²) in [5, 5.41) is 11.1. The zero-order chi connectivity index (χ0) is 15.2. The van der Waals surface area contributed by atoms with Crippen LogP contribution in [0, 0.1) is 0 Å². The molecule has 0 saturated carbocycles. The molecule has 0 radical (unpaired) electrons. The summed E-state index contributed by atoms with van der Waals surface area (Å²) >= 11 is 0. The van der Waals surface area contributed by atoms with E-state index >= 15 is 0 Å². The molecule has 21 heavy (non-hydrogen) atoms. The highest BCUT2D eigenvalue weighted by atomic mass is 16.5. The average molecular weight is 300 g/mol. The van der Waals surface area contributed by atoms with Crippen molar-refractivity contribution in [3.05, 3.63) is 12.2 Å². The molecule has 0 bridgehead atoms. The average Bonchev–Trinajstić information content (AvgIpc) is 2.89. The summed E-state index contributed by atoms with van der Waals surface area (Å²) in [5.74, 6) is 0.918. The van der Waals surface area contributed by atoms with E-state index in [0.717, 1.165) is 25.4 Å². The smallest absolute Gasteiger partial charge is 0.146 e. The van der Waals surface area contributed by atoms with Gasteiger partial charge in [-0.3, -0.25) is 0 Å². The lowest BCUT2D eigenvalue weighted by Gasteiger charge is -2.07. The normalized spacial score (nSPS) is 11.1. The molecule has 0 aromatic carbocycles. The Morgan fingerprint density at radius 3 is 2.33 bits per heavy atom. The Bertz CT molecular complexity index is 347. The minimum atomic E-state index is 0.612. The first-order chi connectivity index (χ1) is 10.3. The van der Waals surface area contributed by atoms with Crippen molar-refractivity contribution in [3.8, 4) is 0 Å². The maximum Gasteiger partial charge on any atom is 0.146 e. The summed E-state index contributed by atoms with van der Waals surface area (Å²) in [6.07, 6.45) is 3.97. The summed E-state index contributed by atoms with van der Waals surface area (Å²) < 4.78 is 18.1. The summed E-state index contributed by atoms with van der Waals surface area (Å²) in [4.78, 5) is 0. The van der Waals surface area contributed by atoms with Crippen molar-refractivity contribution in [2.75, 3.05) is 46.2 Å². The number of nitrogens with zero attached hydrogens (tertiary/aromatic N) is 3. The van der Waals surface area contributed by atoms with Crippen LogP contribution in [-0.2, 0) is 27.8 Å². The Morgan fingerprint density at radius 2 is 1.71 bits per heavy atom. The van der Waals surface area contributed by atoms with Crippen LogP contribution in [0.4, 0.5) is 0 Å². The van der Waals surface area contributed by atoms with Gasteiger partial charge in [0.15, 0.2) is 0 Å². The van der Waals surface area contributed by atoms with Gasteiger partial charge in [0.05, 0.1) is 39.6 Å². The minimum Gasteiger partial charge on any atom is -0.379 e. The second-order valence-electron chi connectivity index (χ2n) is 4.73. The first-order valence-corrected chi connectivity index (χ1v) is 7.61. The summed E-state index contributed by atoms with van der Waals surface area (Å²) in [6.45, 7) is 7.65. The Hall–Kier alpha value is -1.02. The zero-order valence-corrected chi connectivity index (χ0v) is 13.2. The molecule has 0 aliphatic heterocycles. The van der Waals surface area contributed by atoms with Crippen LogP contribution >= 0.6 is 0 Å². The topological polar surface area (TPSA) is 70.4 Å². The van der Waals surface area contributed by atoms with Gasteiger partial charge in [0, 0.05) is 20.2 Å². The van der Waals surface area contributed by atoms with Crippen LogP contribution in [0.5, 0.6) is 0 Å². The van der Waals surface area contributed by atoms with E-state index in [2.05, 4.69) is 22.4 Å². The van der Waals surface area contributed by atoms with Gasteiger partial charge in [-0.15, -0.1) is 10.2 Å². The molecule has 0 amide bonds. The van der Waals surface area contributed by atoms with Crippen molar-refractivity contribution in [3.63, 3.8) is 0 Å². The van der Waals surface area contributed by atoms with Crippen molar-refractivity contribution in [2.24, 2.45) is 7.05 Å². The number of nitrogens with one attached hydrogen (secondary N) is 1. The molecule has 0 fully saturated rings. The maximum absolute atomic E-state index is 5.46. The molecular weight excluding hydrogens is 272 g/mol. The third-order valence-electron chi connectivity index (χ3n) is 2.90. The fourth-order valence-corrected chi connectivity index (χ4v) is 1.60. The molecule has 1 aromatic rings. The number of ether oxygens (including phenoxy) is 3. The van der Waals surface area contributed by atoms with Crippen molar-refractivity contribution in [1.82, 2.24) is 20.1 Å². The van der Waals surface area contributed by atoms with E-state index in [4.69, 9.17) is 14.2 Å². The van der Waals surface area contributed by atoms with E-state index in [1.165, 1.54) is 6.42 Å².